The van der Waals surface area contributed by atoms with Crippen molar-refractivity contribution in [3.05, 3.63) is 193 Å². The van der Waals surface area contributed by atoms with Gasteiger partial charge in [-0.2, -0.15) is 0 Å². The number of carboxylic acid groups (broad SMARTS) is 1. The molecule has 21 heteroatoms. The molecule has 9 rings (SSSR count). The zero-order chi connectivity index (χ0) is 54.1. The molecule has 0 spiro atoms. The standard InChI is InChI=1S/C19H15ClF3NO3.C17H13ClF3NO.C9H8ClN.C8H5F3O2.2CH4/c1-11-16(8-12-3-2-4-14(7-12)27-19(21,22)23)15-6-5-13(20)9-17(15)24(11)10-18(25)26;1-10-15(14-6-5-12(18)9-16(14)22-10)8-11-3-2-4-13(7-11)23-17(19,20)21;1-6-4-7-2-3-8(10)5-9(7)11-6;9-8(10,11)13-7-3-1-2-6(4-7)5-12;;/h2-7,9H,8,10H2,1H3,(H,25,26);2-7,9,22H,8H2,1H3;2-5,11H,1H3;1-5H;2*1H4. The zero-order valence-corrected chi connectivity index (χ0v) is 41.1. The summed E-state index contributed by atoms with van der Waals surface area (Å²) in [5.74, 6) is -1.90. The molecule has 0 aliphatic rings. The molecule has 6 aromatic carbocycles. The summed E-state index contributed by atoms with van der Waals surface area (Å²) in [7, 11) is 0. The molecule has 0 saturated carbocycles. The molecule has 0 unspecified atom stereocenters. The SMILES string of the molecule is C.C.Cc1[nH]c2cc(Cl)ccc2c1Cc1cccc(OC(F)(F)F)c1.Cc1c(Cc2cccc(OC(F)(F)F)c2)c2ccc(Cl)cc2n1CC(=O)O.Cc1cc2ccc(Cl)cc2[nH]1.O=Cc1cccc(OC(F)(F)F)c1. The fourth-order valence-electron chi connectivity index (χ4n) is 7.82. The van der Waals surface area contributed by atoms with Crippen molar-refractivity contribution in [2.24, 2.45) is 0 Å². The monoisotopic (exact) mass is 1120 g/mol. The lowest BCUT2D eigenvalue weighted by Crippen LogP contribution is -2.17. The van der Waals surface area contributed by atoms with Gasteiger partial charge in [-0.3, -0.25) is 9.59 Å². The van der Waals surface area contributed by atoms with Crippen molar-refractivity contribution in [2.45, 2.75) is 74.1 Å². The fraction of sp³-hybridized carbons (Fsp3) is 0.200. The van der Waals surface area contributed by atoms with Gasteiger partial charge in [-0.15, -0.1) is 39.5 Å². The van der Waals surface area contributed by atoms with Crippen molar-refractivity contribution in [2.75, 3.05) is 0 Å². The summed E-state index contributed by atoms with van der Waals surface area (Å²) in [5.41, 5.74) is 8.89. The van der Waals surface area contributed by atoms with Crippen LogP contribution in [-0.4, -0.2) is 51.0 Å². The van der Waals surface area contributed by atoms with E-state index >= 15 is 0 Å². The first kappa shape index (κ1) is 61.3. The number of benzene rings is 6. The summed E-state index contributed by atoms with van der Waals surface area (Å²) < 4.78 is 122. The van der Waals surface area contributed by atoms with Crippen LogP contribution in [0.3, 0.4) is 0 Å². The number of aromatic nitrogens is 3. The van der Waals surface area contributed by atoms with Gasteiger partial charge >= 0.3 is 25.1 Å². The summed E-state index contributed by atoms with van der Waals surface area (Å²) in [6, 6.07) is 35.2. The Hall–Kier alpha value is -7.28. The molecule has 0 fully saturated rings. The van der Waals surface area contributed by atoms with E-state index in [0.717, 1.165) is 67.0 Å². The van der Waals surface area contributed by atoms with E-state index in [0.29, 0.717) is 40.3 Å². The molecule has 9 aromatic rings. The number of hydrogen-bond acceptors (Lipinski definition) is 5. The van der Waals surface area contributed by atoms with Crippen LogP contribution in [0, 0.1) is 20.8 Å². The first-order valence-corrected chi connectivity index (χ1v) is 22.9. The number of H-pyrrole nitrogens is 2. The normalized spacial score (nSPS) is 11.2. The maximum Gasteiger partial charge on any atom is 0.573 e. The zero-order valence-electron chi connectivity index (χ0n) is 38.9. The second-order valence-corrected chi connectivity index (χ2v) is 17.6. The molecule has 0 aliphatic carbocycles. The minimum atomic E-state index is -4.76. The van der Waals surface area contributed by atoms with Crippen molar-refractivity contribution in [3.63, 3.8) is 0 Å². The number of ether oxygens (including phenoxy) is 3. The van der Waals surface area contributed by atoms with E-state index in [1.165, 1.54) is 53.5 Å². The highest BCUT2D eigenvalue weighted by atomic mass is 35.5. The third-order valence-electron chi connectivity index (χ3n) is 10.8. The number of carbonyl (C=O) groups is 2. The van der Waals surface area contributed by atoms with Gasteiger partial charge in [0, 0.05) is 59.5 Å². The highest BCUT2D eigenvalue weighted by Crippen LogP contribution is 2.33. The van der Waals surface area contributed by atoms with Gasteiger partial charge in [0.25, 0.3) is 0 Å². The van der Waals surface area contributed by atoms with Crippen LogP contribution in [0.4, 0.5) is 39.5 Å². The fourth-order valence-corrected chi connectivity index (χ4v) is 8.33. The molecule has 3 N–H and O–H groups in total. The molecule has 0 amide bonds. The Kier molecular flexibility index (Phi) is 20.9. The van der Waals surface area contributed by atoms with E-state index in [1.54, 1.807) is 54.0 Å². The van der Waals surface area contributed by atoms with Gasteiger partial charge in [-0.05, 0) is 140 Å². The van der Waals surface area contributed by atoms with Crippen LogP contribution in [0.1, 0.15) is 64.5 Å². The van der Waals surface area contributed by atoms with Gasteiger partial charge in [0.2, 0.25) is 0 Å². The molecule has 404 valence electrons. The highest BCUT2D eigenvalue weighted by Gasteiger charge is 2.33. The number of hydrogen-bond donors (Lipinski definition) is 3. The number of carboxylic acids is 1. The summed E-state index contributed by atoms with van der Waals surface area (Å²) in [5, 5.41) is 14.1. The molecule has 9 nitrogen and oxygen atoms in total. The van der Waals surface area contributed by atoms with Gasteiger partial charge in [-0.25, -0.2) is 0 Å². The third kappa shape index (κ3) is 17.9. The molecule has 0 bridgehead atoms. The highest BCUT2D eigenvalue weighted by molar-refractivity contribution is 6.32. The van der Waals surface area contributed by atoms with Crippen molar-refractivity contribution in [3.8, 4) is 17.2 Å². The number of nitrogens with one attached hydrogen (secondary N) is 2. The second-order valence-electron chi connectivity index (χ2n) is 16.3. The number of rotatable bonds is 10. The first-order chi connectivity index (χ1) is 34.7. The van der Waals surface area contributed by atoms with E-state index in [-0.39, 0.29) is 38.5 Å². The Bertz CT molecular complexity index is 3420. The smallest absolute Gasteiger partial charge is 0.480 e. The number of alkyl halides is 9. The van der Waals surface area contributed by atoms with E-state index in [4.69, 9.17) is 34.8 Å². The van der Waals surface area contributed by atoms with Gasteiger partial charge < -0.3 is 33.9 Å². The molecule has 3 aromatic heterocycles. The molecule has 76 heavy (non-hydrogen) atoms. The average molecular weight is 1130 g/mol. The predicted molar refractivity (Wildman–Crippen MR) is 279 cm³/mol. The van der Waals surface area contributed by atoms with Crippen LogP contribution in [0.15, 0.2) is 133 Å². The number of aryl methyl sites for hydroxylation is 2. The van der Waals surface area contributed by atoms with Crippen LogP contribution in [0.25, 0.3) is 32.7 Å². The van der Waals surface area contributed by atoms with Crippen molar-refractivity contribution in [1.29, 1.82) is 0 Å². The van der Waals surface area contributed by atoms with Gasteiger partial charge in [0.1, 0.15) is 30.1 Å². The topological polar surface area (TPSA) is 119 Å². The largest absolute Gasteiger partial charge is 0.573 e. The third-order valence-corrected chi connectivity index (χ3v) is 11.5. The quantitative estimate of drug-likeness (QED) is 0.0927. The van der Waals surface area contributed by atoms with E-state index in [9.17, 15) is 54.2 Å². The predicted octanol–water partition coefficient (Wildman–Crippen LogP) is 17.6. The summed E-state index contributed by atoms with van der Waals surface area (Å²) in [6.07, 6.45) is -12.9. The van der Waals surface area contributed by atoms with E-state index in [1.807, 2.05) is 44.2 Å². The van der Waals surface area contributed by atoms with Gasteiger partial charge in [0.15, 0.2) is 0 Å². The lowest BCUT2D eigenvalue weighted by molar-refractivity contribution is -0.275. The summed E-state index contributed by atoms with van der Waals surface area (Å²) in [6.45, 7) is 5.51. The van der Waals surface area contributed by atoms with Crippen LogP contribution in [-0.2, 0) is 24.2 Å². The molecule has 0 saturated heterocycles. The van der Waals surface area contributed by atoms with Gasteiger partial charge in [-0.1, -0.05) is 104 Å². The lowest BCUT2D eigenvalue weighted by Gasteiger charge is -2.10. The maximum atomic E-state index is 12.4. The van der Waals surface area contributed by atoms with Crippen molar-refractivity contribution < 1.29 is 68.4 Å². The number of aldehydes is 1. The Labute approximate surface area is 445 Å². The van der Waals surface area contributed by atoms with Gasteiger partial charge in [0.05, 0.1) is 5.52 Å². The average Bonchev–Trinajstić information content (AvgIpc) is 3.90. The molecule has 0 aliphatic heterocycles. The molecule has 0 atom stereocenters. The number of aliphatic carboxylic acids is 1. The van der Waals surface area contributed by atoms with E-state index < -0.39 is 30.8 Å². The van der Waals surface area contributed by atoms with Crippen LogP contribution in [0.2, 0.25) is 15.1 Å². The number of carbonyl (C=O) groups excluding carboxylic acids is 1. The maximum absolute atomic E-state index is 12.4. The Morgan fingerprint density at radius 3 is 1.58 bits per heavy atom. The van der Waals surface area contributed by atoms with E-state index in [2.05, 4.69) is 30.2 Å². The molecule has 3 heterocycles. The lowest BCUT2D eigenvalue weighted by atomic mass is 10.0. The number of halogens is 12. The van der Waals surface area contributed by atoms with Crippen LogP contribution < -0.4 is 14.2 Å². The second kappa shape index (κ2) is 26.0. The summed E-state index contributed by atoms with van der Waals surface area (Å²) >= 11 is 17.8. The minimum absolute atomic E-state index is 0. The van der Waals surface area contributed by atoms with Crippen molar-refractivity contribution in [1.82, 2.24) is 14.5 Å². The molecular formula is C55H49Cl3F9N3O6. The number of aromatic amines is 2. The first-order valence-electron chi connectivity index (χ1n) is 21.7. The Morgan fingerprint density at radius 1 is 0.579 bits per heavy atom. The Balaban J connectivity index is 0.000000230. The molecular weight excluding hydrogens is 1080 g/mol. The number of nitrogens with zero attached hydrogens (tertiary/aromatic N) is 1. The minimum Gasteiger partial charge on any atom is -0.480 e. The van der Waals surface area contributed by atoms with Crippen LogP contribution >= 0.6 is 34.8 Å². The number of fused-ring (bicyclic) bond motifs is 3. The van der Waals surface area contributed by atoms with Crippen LogP contribution in [0.5, 0.6) is 17.2 Å². The molecule has 0 radical (unpaired) electrons. The summed E-state index contributed by atoms with van der Waals surface area (Å²) in [4.78, 5) is 27.9. The van der Waals surface area contributed by atoms with Crippen molar-refractivity contribution >= 4 is 79.8 Å². The Morgan fingerprint density at radius 2 is 1.05 bits per heavy atom.